The highest BCUT2D eigenvalue weighted by atomic mass is 16.4. The molecule has 0 radical (unpaired) electrons. The van der Waals surface area contributed by atoms with Gasteiger partial charge in [0.15, 0.2) is 0 Å². The number of nitrogens with one attached hydrogen (secondary N) is 1. The minimum atomic E-state index is -1.78. The van der Waals surface area contributed by atoms with Gasteiger partial charge in [-0.15, -0.1) is 0 Å². The van der Waals surface area contributed by atoms with Gasteiger partial charge in [0, 0.05) is 6.08 Å². The summed E-state index contributed by atoms with van der Waals surface area (Å²) in [4.78, 5) is 22.9. The molecule has 0 bridgehead atoms. The van der Waals surface area contributed by atoms with E-state index in [4.69, 9.17) is 5.11 Å². The van der Waals surface area contributed by atoms with E-state index in [9.17, 15) is 24.9 Å². The molecule has 0 spiro atoms. The Morgan fingerprint density at radius 2 is 1.26 bits per heavy atom. The number of aldehydes is 1. The third kappa shape index (κ3) is 18.4. The Balaban J connectivity index is 4.11. The summed E-state index contributed by atoms with van der Waals surface area (Å²) in [5, 5.41) is 39.8. The van der Waals surface area contributed by atoms with Crippen molar-refractivity contribution in [1.29, 1.82) is 0 Å². The van der Waals surface area contributed by atoms with Gasteiger partial charge in [0.2, 0.25) is 5.91 Å². The van der Waals surface area contributed by atoms with E-state index in [1.807, 2.05) is 30.4 Å². The minimum absolute atomic E-state index is 0.245. The third-order valence-electron chi connectivity index (χ3n) is 5.11. The lowest BCUT2D eigenvalue weighted by Gasteiger charge is -2.25. The molecule has 35 heavy (non-hydrogen) atoms. The monoisotopic (exact) mass is 489 g/mol. The van der Waals surface area contributed by atoms with Gasteiger partial charge in [-0.25, -0.2) is 0 Å². The number of aliphatic hydroxyl groups is 4. The fourth-order valence-corrected chi connectivity index (χ4v) is 3.01. The van der Waals surface area contributed by atoms with Crippen LogP contribution in [0.5, 0.6) is 0 Å². The van der Waals surface area contributed by atoms with Gasteiger partial charge in [-0.2, -0.15) is 0 Å². The molecule has 7 nitrogen and oxygen atoms in total. The third-order valence-corrected chi connectivity index (χ3v) is 5.11. The minimum Gasteiger partial charge on any atom is -0.394 e. The lowest BCUT2D eigenvalue weighted by Crippen LogP contribution is -2.53. The number of amides is 1. The van der Waals surface area contributed by atoms with Crippen LogP contribution in [0.1, 0.15) is 58.3 Å². The van der Waals surface area contributed by atoms with E-state index in [1.54, 1.807) is 18.2 Å². The standard InChI is InChI=1S/C28H43NO6/c1-2-3-4-5-6-7-8-9-10-11-12-13-14-15-16-17-18-19-20-21-26(33)29-24(22-30)27(34)28(35)25(32)23-31/h10-22,24-25,27-28,31-32,34-35H,2-9,23H2,1H3,(H,29,33)/t24-,25+,27+,28+/m0/s1. The molecule has 0 rings (SSSR count). The molecule has 5 N–H and O–H groups in total. The molecule has 0 aliphatic carbocycles. The van der Waals surface area contributed by atoms with Crippen LogP contribution in [-0.4, -0.2) is 63.6 Å². The van der Waals surface area contributed by atoms with Crippen molar-refractivity contribution in [2.24, 2.45) is 0 Å². The molecule has 4 atom stereocenters. The van der Waals surface area contributed by atoms with Crippen molar-refractivity contribution in [1.82, 2.24) is 5.32 Å². The summed E-state index contributed by atoms with van der Waals surface area (Å²) in [6, 6.07) is -1.43. The molecule has 0 heterocycles. The molecule has 0 aromatic carbocycles. The molecule has 0 aliphatic heterocycles. The zero-order chi connectivity index (χ0) is 26.2. The van der Waals surface area contributed by atoms with E-state index in [2.05, 4.69) is 24.4 Å². The topological polar surface area (TPSA) is 127 Å². The smallest absolute Gasteiger partial charge is 0.244 e. The molecule has 0 unspecified atom stereocenters. The summed E-state index contributed by atoms with van der Waals surface area (Å²) in [6.07, 6.45) is 27.0. The number of aliphatic hydroxyl groups excluding tert-OH is 4. The predicted molar refractivity (Wildman–Crippen MR) is 141 cm³/mol. The fourth-order valence-electron chi connectivity index (χ4n) is 3.01. The summed E-state index contributed by atoms with van der Waals surface area (Å²) in [6.45, 7) is 1.44. The van der Waals surface area contributed by atoms with E-state index in [0.717, 1.165) is 12.5 Å². The van der Waals surface area contributed by atoms with Gasteiger partial charge in [0.1, 0.15) is 30.6 Å². The molecule has 0 saturated carbocycles. The van der Waals surface area contributed by atoms with Gasteiger partial charge >= 0.3 is 0 Å². The molecule has 196 valence electrons. The van der Waals surface area contributed by atoms with Gasteiger partial charge in [0.25, 0.3) is 0 Å². The molecule has 0 fully saturated rings. The number of rotatable bonds is 20. The largest absolute Gasteiger partial charge is 0.394 e. The Bertz CT molecular complexity index is 723. The van der Waals surface area contributed by atoms with Crippen LogP contribution >= 0.6 is 0 Å². The van der Waals surface area contributed by atoms with Crippen molar-refractivity contribution in [3.8, 4) is 0 Å². The lowest BCUT2D eigenvalue weighted by atomic mass is 10.0. The Morgan fingerprint density at radius 1 is 0.743 bits per heavy atom. The number of allylic oxidation sites excluding steroid dienone is 11. The Morgan fingerprint density at radius 3 is 1.80 bits per heavy atom. The van der Waals surface area contributed by atoms with Crippen LogP contribution in [0.15, 0.2) is 72.9 Å². The lowest BCUT2D eigenvalue weighted by molar-refractivity contribution is -0.128. The first-order valence-corrected chi connectivity index (χ1v) is 12.4. The van der Waals surface area contributed by atoms with Crippen LogP contribution in [0.25, 0.3) is 0 Å². The zero-order valence-electron chi connectivity index (χ0n) is 20.8. The first kappa shape index (κ1) is 32.4. The van der Waals surface area contributed by atoms with Gasteiger partial charge in [0.05, 0.1) is 6.61 Å². The second kappa shape index (κ2) is 23.2. The predicted octanol–water partition coefficient (Wildman–Crippen LogP) is 3.22. The Kier molecular flexibility index (Phi) is 21.5. The van der Waals surface area contributed by atoms with E-state index < -0.39 is 36.9 Å². The van der Waals surface area contributed by atoms with Crippen LogP contribution in [0.4, 0.5) is 0 Å². The molecule has 7 heteroatoms. The Hall–Kier alpha value is -2.58. The molecule has 0 aliphatic rings. The highest BCUT2D eigenvalue weighted by molar-refractivity contribution is 5.89. The SMILES string of the molecule is CCCCCCCCCC=CC=CC=CC=CC=CC=CC(=O)N[C@@H](C=O)[C@@H](O)[C@H](O)[C@H](O)CO. The van der Waals surface area contributed by atoms with Crippen molar-refractivity contribution < 1.29 is 30.0 Å². The summed E-state index contributed by atoms with van der Waals surface area (Å²) >= 11 is 0. The molecule has 0 aromatic rings. The van der Waals surface area contributed by atoms with Crippen molar-refractivity contribution in [3.63, 3.8) is 0 Å². The second-order valence-corrected chi connectivity index (χ2v) is 8.14. The summed E-state index contributed by atoms with van der Waals surface area (Å²) in [5.74, 6) is -0.662. The normalized spacial score (nSPS) is 16.3. The quantitative estimate of drug-likeness (QED) is 0.0773. The molecular weight excluding hydrogens is 446 g/mol. The van der Waals surface area contributed by atoms with Crippen LogP contribution in [0, 0.1) is 0 Å². The Labute approximate surface area is 210 Å². The van der Waals surface area contributed by atoms with Gasteiger partial charge in [-0.05, 0) is 12.8 Å². The van der Waals surface area contributed by atoms with E-state index in [0.29, 0.717) is 0 Å². The van der Waals surface area contributed by atoms with Gasteiger partial charge in [-0.1, -0.05) is 112 Å². The maximum Gasteiger partial charge on any atom is 0.244 e. The number of hydrogen-bond donors (Lipinski definition) is 5. The van der Waals surface area contributed by atoms with Crippen molar-refractivity contribution in [2.45, 2.75) is 82.6 Å². The van der Waals surface area contributed by atoms with E-state index in [-0.39, 0.29) is 6.29 Å². The van der Waals surface area contributed by atoms with Crippen LogP contribution in [0.3, 0.4) is 0 Å². The van der Waals surface area contributed by atoms with Gasteiger partial charge < -0.3 is 30.5 Å². The highest BCUT2D eigenvalue weighted by Gasteiger charge is 2.31. The second-order valence-electron chi connectivity index (χ2n) is 8.14. The number of carbonyl (C=O) groups is 2. The van der Waals surface area contributed by atoms with Crippen LogP contribution < -0.4 is 5.32 Å². The summed E-state index contributed by atoms with van der Waals surface area (Å²) in [7, 11) is 0. The average Bonchev–Trinajstić information content (AvgIpc) is 2.87. The number of unbranched alkanes of at least 4 members (excludes halogenated alkanes) is 7. The highest BCUT2D eigenvalue weighted by Crippen LogP contribution is 2.08. The van der Waals surface area contributed by atoms with Crippen LogP contribution in [-0.2, 0) is 9.59 Å². The first-order valence-electron chi connectivity index (χ1n) is 12.4. The summed E-state index contributed by atoms with van der Waals surface area (Å²) < 4.78 is 0. The zero-order valence-corrected chi connectivity index (χ0v) is 20.8. The number of carbonyl (C=O) groups excluding carboxylic acids is 2. The average molecular weight is 490 g/mol. The van der Waals surface area contributed by atoms with E-state index >= 15 is 0 Å². The van der Waals surface area contributed by atoms with Crippen molar-refractivity contribution in [2.75, 3.05) is 6.61 Å². The van der Waals surface area contributed by atoms with Gasteiger partial charge in [-0.3, -0.25) is 4.79 Å². The molecule has 0 aromatic heterocycles. The molecule has 0 saturated heterocycles. The molecule has 1 amide bonds. The van der Waals surface area contributed by atoms with E-state index in [1.165, 1.54) is 51.0 Å². The maximum atomic E-state index is 11.8. The van der Waals surface area contributed by atoms with Crippen LogP contribution in [0.2, 0.25) is 0 Å². The van der Waals surface area contributed by atoms with Crippen molar-refractivity contribution in [3.05, 3.63) is 72.9 Å². The maximum absolute atomic E-state index is 11.8. The number of hydrogen-bond acceptors (Lipinski definition) is 6. The van der Waals surface area contributed by atoms with Crippen molar-refractivity contribution >= 4 is 12.2 Å². The molecular formula is C28H43NO6. The fraction of sp³-hybridized carbons (Fsp3) is 0.500. The first-order chi connectivity index (χ1) is 17.0. The summed E-state index contributed by atoms with van der Waals surface area (Å²) in [5.41, 5.74) is 0.